The van der Waals surface area contributed by atoms with Gasteiger partial charge in [-0.15, -0.1) is 0 Å². The summed E-state index contributed by atoms with van der Waals surface area (Å²) in [5, 5.41) is 0. The van der Waals surface area contributed by atoms with Crippen LogP contribution >= 0.6 is 0 Å². The molecular weight excluding hydrogens is 184 g/mol. The van der Waals surface area contributed by atoms with Crippen molar-refractivity contribution in [3.63, 3.8) is 0 Å². The molecule has 0 heterocycles. The first-order chi connectivity index (χ1) is 6.66. The molecule has 1 atom stereocenters. The summed E-state index contributed by atoms with van der Waals surface area (Å²) < 4.78 is 24.8. The Labute approximate surface area is 81.9 Å². The first-order valence-corrected chi connectivity index (χ1v) is 4.82. The number of halogens is 2. The van der Waals surface area contributed by atoms with Gasteiger partial charge in [0.1, 0.15) is 0 Å². The molecule has 3 heteroatoms. The lowest BCUT2D eigenvalue weighted by Crippen LogP contribution is -2.27. The predicted octanol–water partition coefficient (Wildman–Crippen LogP) is 2.44. The number of hydrogen-bond donors (Lipinski definition) is 1. The fourth-order valence-electron chi connectivity index (χ4n) is 1.94. The van der Waals surface area contributed by atoms with Crippen molar-refractivity contribution in [3.8, 4) is 0 Å². The summed E-state index contributed by atoms with van der Waals surface area (Å²) in [5.74, 6) is 0. The molecule has 0 bridgehead atoms. The normalized spacial score (nSPS) is 21.0. The molecule has 2 rings (SSSR count). The quantitative estimate of drug-likeness (QED) is 0.735. The molecule has 0 aromatic heterocycles. The SMILES string of the molecule is N[C@H]1CCc2cc(C(F)F)ccc2C1. The first kappa shape index (κ1) is 9.59. The van der Waals surface area contributed by atoms with Gasteiger partial charge in [0.15, 0.2) is 0 Å². The van der Waals surface area contributed by atoms with Gasteiger partial charge in [-0.3, -0.25) is 0 Å². The second-order valence-electron chi connectivity index (χ2n) is 3.83. The van der Waals surface area contributed by atoms with E-state index < -0.39 is 6.43 Å². The number of hydrogen-bond acceptors (Lipinski definition) is 1. The van der Waals surface area contributed by atoms with Crippen LogP contribution in [-0.4, -0.2) is 6.04 Å². The molecule has 14 heavy (non-hydrogen) atoms. The first-order valence-electron chi connectivity index (χ1n) is 4.82. The van der Waals surface area contributed by atoms with Crippen LogP contribution in [0.5, 0.6) is 0 Å². The third kappa shape index (κ3) is 1.77. The lowest BCUT2D eigenvalue weighted by Gasteiger charge is -2.21. The monoisotopic (exact) mass is 197 g/mol. The van der Waals surface area contributed by atoms with Crippen molar-refractivity contribution in [2.45, 2.75) is 31.7 Å². The van der Waals surface area contributed by atoms with Crippen LogP contribution in [0.1, 0.15) is 29.5 Å². The summed E-state index contributed by atoms with van der Waals surface area (Å²) in [6.07, 6.45) is 0.186. The summed E-state index contributed by atoms with van der Waals surface area (Å²) in [6, 6.07) is 5.10. The molecule has 0 saturated heterocycles. The molecule has 1 aromatic carbocycles. The van der Waals surface area contributed by atoms with Gasteiger partial charge in [0.2, 0.25) is 0 Å². The van der Waals surface area contributed by atoms with E-state index in [0.29, 0.717) is 0 Å². The van der Waals surface area contributed by atoms with Gasteiger partial charge in [0.05, 0.1) is 0 Å². The number of benzene rings is 1. The highest BCUT2D eigenvalue weighted by Gasteiger charge is 2.17. The molecule has 1 aliphatic carbocycles. The smallest absolute Gasteiger partial charge is 0.263 e. The minimum Gasteiger partial charge on any atom is -0.327 e. The van der Waals surface area contributed by atoms with Crippen molar-refractivity contribution in [2.75, 3.05) is 0 Å². The molecule has 1 aromatic rings. The van der Waals surface area contributed by atoms with Crippen LogP contribution in [0.25, 0.3) is 0 Å². The molecule has 1 nitrogen and oxygen atoms in total. The summed E-state index contributed by atoms with van der Waals surface area (Å²) >= 11 is 0. The number of alkyl halides is 2. The Morgan fingerprint density at radius 2 is 2.07 bits per heavy atom. The average molecular weight is 197 g/mol. The third-order valence-electron chi connectivity index (χ3n) is 2.75. The van der Waals surface area contributed by atoms with Crippen molar-refractivity contribution < 1.29 is 8.78 Å². The average Bonchev–Trinajstić information content (AvgIpc) is 2.16. The summed E-state index contributed by atoms with van der Waals surface area (Å²) in [7, 11) is 0. The molecule has 1 aliphatic rings. The Hall–Kier alpha value is -0.960. The molecular formula is C11H13F2N. The second-order valence-corrected chi connectivity index (χ2v) is 3.83. The molecule has 76 valence electrons. The molecule has 0 spiro atoms. The summed E-state index contributed by atoms with van der Waals surface area (Å²) in [5.41, 5.74) is 8.10. The van der Waals surface area contributed by atoms with Crippen molar-refractivity contribution in [1.82, 2.24) is 0 Å². The highest BCUT2D eigenvalue weighted by molar-refractivity contribution is 5.35. The minimum absolute atomic E-state index is 0.124. The highest BCUT2D eigenvalue weighted by atomic mass is 19.3. The molecule has 0 unspecified atom stereocenters. The Morgan fingerprint density at radius 1 is 1.29 bits per heavy atom. The van der Waals surface area contributed by atoms with Gasteiger partial charge in [0.25, 0.3) is 6.43 Å². The van der Waals surface area contributed by atoms with E-state index >= 15 is 0 Å². The maximum Gasteiger partial charge on any atom is 0.263 e. The fraction of sp³-hybridized carbons (Fsp3) is 0.455. The van der Waals surface area contributed by atoms with E-state index in [9.17, 15) is 8.78 Å². The molecule has 0 saturated carbocycles. The van der Waals surface area contributed by atoms with E-state index in [1.807, 2.05) is 0 Å². The van der Waals surface area contributed by atoms with Gasteiger partial charge in [-0.05, 0) is 36.5 Å². The lowest BCUT2D eigenvalue weighted by atomic mass is 9.88. The third-order valence-corrected chi connectivity index (χ3v) is 2.75. The van der Waals surface area contributed by atoms with Crippen molar-refractivity contribution in [2.24, 2.45) is 5.73 Å². The van der Waals surface area contributed by atoms with Crippen molar-refractivity contribution in [3.05, 3.63) is 34.9 Å². The van der Waals surface area contributed by atoms with E-state index in [2.05, 4.69) is 0 Å². The Morgan fingerprint density at radius 3 is 2.79 bits per heavy atom. The Bertz CT molecular complexity index is 336. The van der Waals surface area contributed by atoms with Crippen molar-refractivity contribution in [1.29, 1.82) is 0 Å². The highest BCUT2D eigenvalue weighted by Crippen LogP contribution is 2.26. The van der Waals surface area contributed by atoms with E-state index in [4.69, 9.17) is 5.73 Å². The standard InChI is InChI=1S/C11H13F2N/c12-11(13)9-2-1-8-6-10(14)4-3-7(8)5-9/h1-2,5,10-11H,3-4,6,14H2/t10-/m0/s1. The lowest BCUT2D eigenvalue weighted by molar-refractivity contribution is 0.151. The number of aryl methyl sites for hydroxylation is 1. The number of fused-ring (bicyclic) bond motifs is 1. The Balaban J connectivity index is 2.31. The van der Waals surface area contributed by atoms with Gasteiger partial charge >= 0.3 is 0 Å². The van der Waals surface area contributed by atoms with Crippen LogP contribution in [0.15, 0.2) is 18.2 Å². The van der Waals surface area contributed by atoms with Gasteiger partial charge in [-0.25, -0.2) is 8.78 Å². The zero-order valence-corrected chi connectivity index (χ0v) is 7.84. The maximum atomic E-state index is 12.4. The maximum absolute atomic E-state index is 12.4. The van der Waals surface area contributed by atoms with Crippen LogP contribution in [-0.2, 0) is 12.8 Å². The minimum atomic E-state index is -2.36. The van der Waals surface area contributed by atoms with Crippen molar-refractivity contribution >= 4 is 0 Å². The zero-order valence-electron chi connectivity index (χ0n) is 7.84. The van der Waals surface area contributed by atoms with Gasteiger partial charge in [0, 0.05) is 11.6 Å². The van der Waals surface area contributed by atoms with E-state index in [-0.39, 0.29) is 11.6 Å². The summed E-state index contributed by atoms with van der Waals surface area (Å²) in [6.45, 7) is 0. The van der Waals surface area contributed by atoms with Gasteiger partial charge < -0.3 is 5.73 Å². The van der Waals surface area contributed by atoms with Crippen LogP contribution in [0, 0.1) is 0 Å². The van der Waals surface area contributed by atoms with Crippen LogP contribution in [0.3, 0.4) is 0 Å². The van der Waals surface area contributed by atoms with E-state index in [1.165, 1.54) is 6.07 Å². The molecule has 0 fully saturated rings. The van der Waals surface area contributed by atoms with Crippen LogP contribution in [0.4, 0.5) is 8.78 Å². The topological polar surface area (TPSA) is 26.0 Å². The van der Waals surface area contributed by atoms with Crippen LogP contribution in [0.2, 0.25) is 0 Å². The van der Waals surface area contributed by atoms with Gasteiger partial charge in [-0.1, -0.05) is 12.1 Å². The Kier molecular flexibility index (Phi) is 2.50. The van der Waals surface area contributed by atoms with E-state index in [0.717, 1.165) is 30.4 Å². The largest absolute Gasteiger partial charge is 0.327 e. The van der Waals surface area contributed by atoms with Gasteiger partial charge in [-0.2, -0.15) is 0 Å². The van der Waals surface area contributed by atoms with Crippen LogP contribution < -0.4 is 5.73 Å². The second kappa shape index (κ2) is 3.65. The molecule has 0 radical (unpaired) electrons. The predicted molar refractivity (Wildman–Crippen MR) is 51.4 cm³/mol. The molecule has 0 amide bonds. The number of rotatable bonds is 1. The molecule has 2 N–H and O–H groups in total. The zero-order chi connectivity index (χ0) is 10.1. The molecule has 0 aliphatic heterocycles. The fourth-order valence-corrected chi connectivity index (χ4v) is 1.94. The van der Waals surface area contributed by atoms with E-state index in [1.54, 1.807) is 12.1 Å². The number of nitrogens with two attached hydrogens (primary N) is 1. The summed E-state index contributed by atoms with van der Waals surface area (Å²) in [4.78, 5) is 0.